The molecule has 0 saturated carbocycles. The van der Waals surface area contributed by atoms with Gasteiger partial charge in [0.05, 0.1) is 0 Å². The quantitative estimate of drug-likeness (QED) is 0.772. The van der Waals surface area contributed by atoms with E-state index in [4.69, 9.17) is 4.52 Å². The van der Waals surface area contributed by atoms with Crippen molar-refractivity contribution in [2.45, 2.75) is 50.5 Å². The number of piperidine rings is 2. The maximum Gasteiger partial charge on any atom is 0.248 e. The van der Waals surface area contributed by atoms with Crippen LogP contribution in [0.2, 0.25) is 0 Å². The topological polar surface area (TPSA) is 105 Å². The average Bonchev–Trinajstić information content (AvgIpc) is 2.95. The van der Waals surface area contributed by atoms with Crippen molar-refractivity contribution in [3.8, 4) is 0 Å². The van der Waals surface area contributed by atoms with Gasteiger partial charge in [0, 0.05) is 31.6 Å². The summed E-state index contributed by atoms with van der Waals surface area (Å²) in [5, 5.41) is 10.1. The zero-order chi connectivity index (χ0) is 18.0. The fourth-order valence-electron chi connectivity index (χ4n) is 3.62. The summed E-state index contributed by atoms with van der Waals surface area (Å²) in [5.74, 6) is 0.225. The SMILES string of the molecule is Cc1noc(C)c1S(=O)(=O)N1CCC(C(=O)NC2CCCNC2)CC1.Cl. The minimum absolute atomic E-state index is 0. The molecule has 1 aromatic heterocycles. The van der Waals surface area contributed by atoms with Crippen molar-refractivity contribution < 1.29 is 17.7 Å². The maximum atomic E-state index is 12.8. The van der Waals surface area contributed by atoms with Crippen LogP contribution in [0.3, 0.4) is 0 Å². The van der Waals surface area contributed by atoms with E-state index in [1.807, 2.05) is 0 Å². The summed E-state index contributed by atoms with van der Waals surface area (Å²) < 4.78 is 32.0. The molecule has 2 aliphatic rings. The van der Waals surface area contributed by atoms with Gasteiger partial charge in [-0.3, -0.25) is 4.79 Å². The van der Waals surface area contributed by atoms with Gasteiger partial charge in [-0.05, 0) is 46.1 Å². The molecule has 1 atom stereocenters. The molecule has 10 heteroatoms. The third-order valence-electron chi connectivity index (χ3n) is 5.03. The molecule has 1 unspecified atom stereocenters. The van der Waals surface area contributed by atoms with Gasteiger partial charge in [-0.25, -0.2) is 8.42 Å². The Bertz CT molecular complexity index is 703. The van der Waals surface area contributed by atoms with Crippen LogP contribution < -0.4 is 10.6 Å². The second-order valence-electron chi connectivity index (χ2n) is 6.88. The summed E-state index contributed by atoms with van der Waals surface area (Å²) in [6.07, 6.45) is 3.14. The summed E-state index contributed by atoms with van der Waals surface area (Å²) in [6.45, 7) is 5.73. The van der Waals surface area contributed by atoms with Crippen LogP contribution >= 0.6 is 12.4 Å². The second-order valence-corrected chi connectivity index (χ2v) is 8.76. The Hall–Kier alpha value is -1.16. The number of aryl methyl sites for hydroxylation is 2. The van der Waals surface area contributed by atoms with Crippen molar-refractivity contribution in [1.29, 1.82) is 0 Å². The first-order chi connectivity index (χ1) is 11.9. The van der Waals surface area contributed by atoms with E-state index in [1.54, 1.807) is 13.8 Å². The fourth-order valence-corrected chi connectivity index (χ4v) is 5.39. The Balaban J connectivity index is 0.00000243. The van der Waals surface area contributed by atoms with Gasteiger partial charge in [-0.15, -0.1) is 12.4 Å². The molecule has 26 heavy (non-hydrogen) atoms. The average molecular weight is 407 g/mol. The first-order valence-corrected chi connectivity index (χ1v) is 10.3. The molecule has 0 aromatic carbocycles. The van der Waals surface area contributed by atoms with Crippen LogP contribution in [0.25, 0.3) is 0 Å². The predicted octanol–water partition coefficient (Wildman–Crippen LogP) is 0.982. The number of aromatic nitrogens is 1. The van der Waals surface area contributed by atoms with Gasteiger partial charge in [-0.2, -0.15) is 4.31 Å². The number of nitrogens with zero attached hydrogens (tertiary/aromatic N) is 2. The van der Waals surface area contributed by atoms with E-state index in [9.17, 15) is 13.2 Å². The minimum Gasteiger partial charge on any atom is -0.360 e. The van der Waals surface area contributed by atoms with E-state index < -0.39 is 10.0 Å². The first-order valence-electron chi connectivity index (χ1n) is 8.83. The highest BCUT2D eigenvalue weighted by molar-refractivity contribution is 7.89. The lowest BCUT2D eigenvalue weighted by Crippen LogP contribution is -2.49. The number of halogens is 1. The fraction of sp³-hybridized carbons (Fsp3) is 0.750. The standard InChI is InChI=1S/C16H26N4O4S.ClH/c1-11-15(12(2)24-19-11)25(22,23)20-8-5-13(6-9-20)16(21)18-14-4-3-7-17-10-14;/h13-14,17H,3-10H2,1-2H3,(H,18,21);1H. The molecule has 0 spiro atoms. The monoisotopic (exact) mass is 406 g/mol. The highest BCUT2D eigenvalue weighted by atomic mass is 35.5. The third-order valence-corrected chi connectivity index (χ3v) is 7.18. The number of hydrogen-bond donors (Lipinski definition) is 2. The molecule has 2 saturated heterocycles. The normalized spacial score (nSPS) is 22.6. The molecular weight excluding hydrogens is 380 g/mol. The maximum absolute atomic E-state index is 12.8. The van der Waals surface area contributed by atoms with E-state index in [1.165, 1.54) is 4.31 Å². The van der Waals surface area contributed by atoms with E-state index in [0.29, 0.717) is 37.4 Å². The Kier molecular flexibility index (Phi) is 7.06. The summed E-state index contributed by atoms with van der Waals surface area (Å²) >= 11 is 0. The van der Waals surface area contributed by atoms with Gasteiger partial charge in [-0.1, -0.05) is 5.16 Å². The molecule has 1 aromatic rings. The zero-order valence-corrected chi connectivity index (χ0v) is 16.8. The van der Waals surface area contributed by atoms with Gasteiger partial charge >= 0.3 is 0 Å². The first kappa shape index (κ1) is 21.1. The summed E-state index contributed by atoms with van der Waals surface area (Å²) in [4.78, 5) is 12.6. The molecule has 2 N–H and O–H groups in total. The van der Waals surface area contributed by atoms with Crippen molar-refractivity contribution in [2.75, 3.05) is 26.2 Å². The predicted molar refractivity (Wildman–Crippen MR) is 98.7 cm³/mol. The lowest BCUT2D eigenvalue weighted by atomic mass is 9.96. The number of sulfonamides is 1. The highest BCUT2D eigenvalue weighted by Gasteiger charge is 2.35. The smallest absolute Gasteiger partial charge is 0.248 e. The van der Waals surface area contributed by atoms with E-state index in [2.05, 4.69) is 15.8 Å². The van der Waals surface area contributed by atoms with Crippen molar-refractivity contribution in [3.05, 3.63) is 11.5 Å². The summed E-state index contributed by atoms with van der Waals surface area (Å²) in [6, 6.07) is 0.185. The molecule has 3 heterocycles. The number of carbonyl (C=O) groups excluding carboxylic acids is 1. The van der Waals surface area contributed by atoms with Gasteiger partial charge in [0.2, 0.25) is 15.9 Å². The summed E-state index contributed by atoms with van der Waals surface area (Å²) in [7, 11) is -3.62. The lowest BCUT2D eigenvalue weighted by molar-refractivity contribution is -0.126. The Labute approximate surface area is 160 Å². The molecule has 3 rings (SSSR count). The van der Waals surface area contributed by atoms with Gasteiger partial charge in [0.25, 0.3) is 0 Å². The highest BCUT2D eigenvalue weighted by Crippen LogP contribution is 2.27. The molecule has 2 fully saturated rings. The lowest BCUT2D eigenvalue weighted by Gasteiger charge is -2.32. The third kappa shape index (κ3) is 4.39. The van der Waals surface area contributed by atoms with Crippen LogP contribution in [0.5, 0.6) is 0 Å². The summed E-state index contributed by atoms with van der Waals surface area (Å²) in [5.41, 5.74) is 0.377. The Morgan fingerprint density at radius 1 is 1.27 bits per heavy atom. The molecule has 0 aliphatic carbocycles. The van der Waals surface area contributed by atoms with Crippen LogP contribution in [0.15, 0.2) is 9.42 Å². The van der Waals surface area contributed by atoms with E-state index in [-0.39, 0.29) is 35.2 Å². The molecule has 0 bridgehead atoms. The van der Waals surface area contributed by atoms with Crippen LogP contribution in [0.4, 0.5) is 0 Å². The minimum atomic E-state index is -3.62. The van der Waals surface area contributed by atoms with E-state index >= 15 is 0 Å². The number of amides is 1. The molecule has 1 amide bonds. The Morgan fingerprint density at radius 3 is 2.50 bits per heavy atom. The molecular formula is C16H27ClN4O4S. The largest absolute Gasteiger partial charge is 0.360 e. The number of hydrogen-bond acceptors (Lipinski definition) is 6. The van der Waals surface area contributed by atoms with Crippen LogP contribution in [0.1, 0.15) is 37.1 Å². The molecule has 148 valence electrons. The van der Waals surface area contributed by atoms with Crippen molar-refractivity contribution in [1.82, 2.24) is 20.1 Å². The number of nitrogens with one attached hydrogen (secondary N) is 2. The van der Waals surface area contributed by atoms with Gasteiger partial charge in [0.15, 0.2) is 5.76 Å². The molecule has 8 nitrogen and oxygen atoms in total. The number of carbonyl (C=O) groups is 1. The van der Waals surface area contributed by atoms with Gasteiger partial charge in [0.1, 0.15) is 10.6 Å². The Morgan fingerprint density at radius 2 is 1.96 bits per heavy atom. The number of rotatable bonds is 4. The molecule has 2 aliphatic heterocycles. The molecule has 0 radical (unpaired) electrons. The van der Waals surface area contributed by atoms with E-state index in [0.717, 1.165) is 25.9 Å². The zero-order valence-electron chi connectivity index (χ0n) is 15.2. The van der Waals surface area contributed by atoms with Crippen molar-refractivity contribution >= 4 is 28.3 Å². The van der Waals surface area contributed by atoms with Crippen molar-refractivity contribution in [2.24, 2.45) is 5.92 Å². The van der Waals surface area contributed by atoms with Crippen molar-refractivity contribution in [3.63, 3.8) is 0 Å². The second kappa shape index (κ2) is 8.69. The van der Waals surface area contributed by atoms with Crippen LogP contribution in [-0.4, -0.2) is 56.0 Å². The van der Waals surface area contributed by atoms with Crippen LogP contribution in [0, 0.1) is 19.8 Å². The van der Waals surface area contributed by atoms with Crippen LogP contribution in [-0.2, 0) is 14.8 Å². The van der Waals surface area contributed by atoms with Gasteiger partial charge < -0.3 is 15.2 Å².